The number of hydrogen-bond acceptors (Lipinski definition) is 3. The summed E-state index contributed by atoms with van der Waals surface area (Å²) in [6, 6.07) is 24.3. The number of amides is 2. The standard InChI is InChI=1S/C28H30Cl2N2O2S/c1-2-31-28(34)26(19-21-8-4-3-5-9-21)32(20-22-10-6-11-24(30)18-22)27(33)12-7-17-35-25-15-13-23(29)14-16-25/h3-6,8-11,13-16,18,26H,2,7,12,17,19-20H2,1H3,(H,31,34)/t26-/m1/s1. The van der Waals surface area contributed by atoms with Crippen molar-refractivity contribution in [2.24, 2.45) is 0 Å². The van der Waals surface area contributed by atoms with E-state index < -0.39 is 6.04 Å². The van der Waals surface area contributed by atoms with E-state index in [2.05, 4.69) is 5.32 Å². The van der Waals surface area contributed by atoms with Crippen molar-refractivity contribution >= 4 is 46.8 Å². The van der Waals surface area contributed by atoms with E-state index in [1.165, 1.54) is 0 Å². The van der Waals surface area contributed by atoms with Gasteiger partial charge < -0.3 is 10.2 Å². The molecular formula is C28H30Cl2N2O2S. The van der Waals surface area contributed by atoms with Crippen molar-refractivity contribution in [3.63, 3.8) is 0 Å². The van der Waals surface area contributed by atoms with Crippen molar-refractivity contribution in [3.05, 3.63) is 100 Å². The second-order valence-electron chi connectivity index (χ2n) is 8.16. The van der Waals surface area contributed by atoms with Crippen molar-refractivity contribution in [1.29, 1.82) is 0 Å². The number of hydrogen-bond donors (Lipinski definition) is 1. The monoisotopic (exact) mass is 528 g/mol. The third-order valence-corrected chi connectivity index (χ3v) is 7.07. The van der Waals surface area contributed by atoms with Crippen LogP contribution in [0.3, 0.4) is 0 Å². The Morgan fingerprint density at radius 3 is 2.31 bits per heavy atom. The molecule has 0 aliphatic carbocycles. The number of benzene rings is 3. The Morgan fingerprint density at radius 2 is 1.63 bits per heavy atom. The van der Waals surface area contributed by atoms with Gasteiger partial charge in [-0.25, -0.2) is 0 Å². The Bertz CT molecular complexity index is 1090. The van der Waals surface area contributed by atoms with Gasteiger partial charge in [0.1, 0.15) is 6.04 Å². The number of nitrogens with zero attached hydrogens (tertiary/aromatic N) is 1. The molecule has 3 aromatic rings. The molecule has 0 saturated carbocycles. The summed E-state index contributed by atoms with van der Waals surface area (Å²) < 4.78 is 0. The highest BCUT2D eigenvalue weighted by molar-refractivity contribution is 7.99. The molecular weight excluding hydrogens is 499 g/mol. The van der Waals surface area contributed by atoms with E-state index in [1.807, 2.05) is 79.7 Å². The fourth-order valence-corrected chi connectivity index (χ4v) is 4.96. The van der Waals surface area contributed by atoms with E-state index in [-0.39, 0.29) is 11.8 Å². The summed E-state index contributed by atoms with van der Waals surface area (Å²) in [7, 11) is 0. The van der Waals surface area contributed by atoms with Gasteiger partial charge in [0, 0.05) is 40.9 Å². The number of carbonyl (C=O) groups excluding carboxylic acids is 2. The summed E-state index contributed by atoms with van der Waals surface area (Å²) in [6.07, 6.45) is 1.50. The predicted octanol–water partition coefficient (Wildman–Crippen LogP) is 6.64. The largest absolute Gasteiger partial charge is 0.355 e. The topological polar surface area (TPSA) is 49.4 Å². The van der Waals surface area contributed by atoms with Crippen LogP contribution < -0.4 is 5.32 Å². The van der Waals surface area contributed by atoms with Gasteiger partial charge in [-0.2, -0.15) is 0 Å². The predicted molar refractivity (Wildman–Crippen MR) is 146 cm³/mol. The number of rotatable bonds is 12. The van der Waals surface area contributed by atoms with Gasteiger partial charge in [0.05, 0.1) is 0 Å². The minimum absolute atomic E-state index is 0.0473. The number of nitrogens with one attached hydrogen (secondary N) is 1. The van der Waals surface area contributed by atoms with Crippen molar-refractivity contribution in [1.82, 2.24) is 10.2 Å². The van der Waals surface area contributed by atoms with Crippen molar-refractivity contribution in [2.75, 3.05) is 12.3 Å². The molecule has 3 aromatic carbocycles. The van der Waals surface area contributed by atoms with Gasteiger partial charge >= 0.3 is 0 Å². The number of thioether (sulfide) groups is 1. The zero-order valence-corrected chi connectivity index (χ0v) is 22.1. The van der Waals surface area contributed by atoms with Crippen LogP contribution in [0.15, 0.2) is 83.8 Å². The Balaban J connectivity index is 1.76. The van der Waals surface area contributed by atoms with Crippen LogP contribution in [-0.4, -0.2) is 35.1 Å². The average molecular weight is 530 g/mol. The summed E-state index contributed by atoms with van der Waals surface area (Å²) in [5.74, 6) is 0.597. The maximum Gasteiger partial charge on any atom is 0.243 e. The molecule has 35 heavy (non-hydrogen) atoms. The molecule has 0 aromatic heterocycles. The van der Waals surface area contributed by atoms with E-state index in [1.54, 1.807) is 22.7 Å². The van der Waals surface area contributed by atoms with Gasteiger partial charge in [0.15, 0.2) is 0 Å². The Hall–Kier alpha value is -2.47. The summed E-state index contributed by atoms with van der Waals surface area (Å²) >= 11 is 13.9. The van der Waals surface area contributed by atoms with Crippen molar-refractivity contribution in [2.45, 2.75) is 43.7 Å². The first-order valence-corrected chi connectivity index (χ1v) is 13.4. The highest BCUT2D eigenvalue weighted by atomic mass is 35.5. The normalized spacial score (nSPS) is 11.6. The zero-order chi connectivity index (χ0) is 25.0. The molecule has 0 saturated heterocycles. The Morgan fingerprint density at radius 1 is 0.914 bits per heavy atom. The maximum atomic E-state index is 13.5. The molecule has 0 heterocycles. The molecule has 4 nitrogen and oxygen atoms in total. The van der Waals surface area contributed by atoms with Crippen LogP contribution in [0.5, 0.6) is 0 Å². The lowest BCUT2D eigenvalue weighted by Crippen LogP contribution is -2.50. The second-order valence-corrected chi connectivity index (χ2v) is 10.2. The molecule has 3 rings (SSSR count). The van der Waals surface area contributed by atoms with Crippen LogP contribution in [0.25, 0.3) is 0 Å². The van der Waals surface area contributed by atoms with Gasteiger partial charge in [0.25, 0.3) is 0 Å². The molecule has 0 radical (unpaired) electrons. The smallest absolute Gasteiger partial charge is 0.243 e. The van der Waals surface area contributed by atoms with Crippen molar-refractivity contribution in [3.8, 4) is 0 Å². The van der Waals surface area contributed by atoms with Crippen LogP contribution in [0.2, 0.25) is 10.0 Å². The Kier molecular flexibility index (Phi) is 11.0. The molecule has 1 N–H and O–H groups in total. The van der Waals surface area contributed by atoms with Gasteiger partial charge in [-0.3, -0.25) is 9.59 Å². The fourth-order valence-electron chi connectivity index (χ4n) is 3.77. The van der Waals surface area contributed by atoms with E-state index >= 15 is 0 Å². The van der Waals surface area contributed by atoms with Gasteiger partial charge in [0.2, 0.25) is 11.8 Å². The molecule has 0 unspecified atom stereocenters. The first-order chi connectivity index (χ1) is 17.0. The van der Waals surface area contributed by atoms with Gasteiger partial charge in [-0.15, -0.1) is 11.8 Å². The van der Waals surface area contributed by atoms with E-state index in [9.17, 15) is 9.59 Å². The van der Waals surface area contributed by atoms with Crippen LogP contribution >= 0.6 is 35.0 Å². The highest BCUT2D eigenvalue weighted by Crippen LogP contribution is 2.23. The van der Waals surface area contributed by atoms with Crippen LogP contribution in [0, 0.1) is 0 Å². The van der Waals surface area contributed by atoms with E-state index in [0.29, 0.717) is 42.4 Å². The highest BCUT2D eigenvalue weighted by Gasteiger charge is 2.29. The average Bonchev–Trinajstić information content (AvgIpc) is 2.86. The number of carbonyl (C=O) groups is 2. The quantitative estimate of drug-likeness (QED) is 0.211. The molecule has 2 amide bonds. The lowest BCUT2D eigenvalue weighted by molar-refractivity contribution is -0.141. The number of likely N-dealkylation sites (N-methyl/N-ethyl adjacent to an activating group) is 1. The molecule has 7 heteroatoms. The minimum Gasteiger partial charge on any atom is -0.355 e. The van der Waals surface area contributed by atoms with Gasteiger partial charge in [-0.1, -0.05) is 65.7 Å². The van der Waals surface area contributed by atoms with Crippen LogP contribution in [-0.2, 0) is 22.6 Å². The summed E-state index contributed by atoms with van der Waals surface area (Å²) in [4.78, 5) is 29.5. The fraction of sp³-hybridized carbons (Fsp3) is 0.286. The summed E-state index contributed by atoms with van der Waals surface area (Å²) in [5, 5.41) is 4.23. The lowest BCUT2D eigenvalue weighted by atomic mass is 10.0. The first-order valence-electron chi connectivity index (χ1n) is 11.7. The molecule has 0 aliphatic rings. The third-order valence-electron chi connectivity index (χ3n) is 5.48. The molecule has 0 aliphatic heterocycles. The van der Waals surface area contributed by atoms with Crippen LogP contribution in [0.4, 0.5) is 0 Å². The molecule has 0 bridgehead atoms. The first kappa shape index (κ1) is 27.1. The second kappa shape index (κ2) is 14.2. The number of halogens is 2. The minimum atomic E-state index is -0.618. The third kappa shape index (κ3) is 8.92. The molecule has 0 spiro atoms. The van der Waals surface area contributed by atoms with Crippen molar-refractivity contribution < 1.29 is 9.59 Å². The maximum absolute atomic E-state index is 13.5. The zero-order valence-electron chi connectivity index (χ0n) is 19.8. The van der Waals surface area contributed by atoms with E-state index in [4.69, 9.17) is 23.2 Å². The SMILES string of the molecule is CCNC(=O)[C@@H](Cc1ccccc1)N(Cc1cccc(Cl)c1)C(=O)CCCSc1ccc(Cl)cc1. The summed E-state index contributed by atoms with van der Waals surface area (Å²) in [5.41, 5.74) is 1.90. The summed E-state index contributed by atoms with van der Waals surface area (Å²) in [6.45, 7) is 2.70. The lowest BCUT2D eigenvalue weighted by Gasteiger charge is -2.31. The molecule has 184 valence electrons. The Labute approximate surface area is 222 Å². The molecule has 0 fully saturated rings. The van der Waals surface area contributed by atoms with Gasteiger partial charge in [-0.05, 0) is 66.6 Å². The van der Waals surface area contributed by atoms with E-state index in [0.717, 1.165) is 21.8 Å². The molecule has 1 atom stereocenters. The van der Waals surface area contributed by atoms with Crippen LogP contribution in [0.1, 0.15) is 30.9 Å².